The van der Waals surface area contributed by atoms with Crippen LogP contribution in [-0.4, -0.2) is 4.98 Å². The molecule has 1 aromatic heterocycles. The molecule has 53 heavy (non-hydrogen) atoms. The molecule has 0 unspecified atom stereocenters. The summed E-state index contributed by atoms with van der Waals surface area (Å²) in [4.78, 5) is 3.90. The number of aromatic nitrogens is 2. The number of fused-ring (bicyclic) bond motifs is 3. The minimum Gasteiger partial charge on any atom is -0.236 e. The van der Waals surface area contributed by atoms with Crippen LogP contribution in [0.15, 0.2) is 206 Å². The smallest absolute Gasteiger partial charge is 0.236 e. The summed E-state index contributed by atoms with van der Waals surface area (Å²) in [6, 6.07) is 74.3. The van der Waals surface area contributed by atoms with Crippen molar-refractivity contribution in [3.8, 4) is 61.8 Å². The first kappa shape index (κ1) is 30.8. The summed E-state index contributed by atoms with van der Waals surface area (Å²) < 4.78 is 2.37. The summed E-state index contributed by atoms with van der Waals surface area (Å²) in [7, 11) is 0. The summed E-state index contributed by atoms with van der Waals surface area (Å²) in [5, 5.41) is 7.52. The predicted octanol–water partition coefficient (Wildman–Crippen LogP) is 13.1. The van der Waals surface area contributed by atoms with Crippen LogP contribution in [0.5, 0.6) is 0 Å². The normalized spacial score (nSPS) is 11.4. The molecule has 2 nitrogen and oxygen atoms in total. The monoisotopic (exact) mass is 675 g/mol. The third-order valence-electron chi connectivity index (χ3n) is 10.5. The molecular formula is C51H35N2+. The first-order valence-electron chi connectivity index (χ1n) is 18.2. The van der Waals surface area contributed by atoms with Crippen molar-refractivity contribution < 1.29 is 4.57 Å². The predicted molar refractivity (Wildman–Crippen MR) is 222 cm³/mol. The topological polar surface area (TPSA) is 19.7 Å². The van der Waals surface area contributed by atoms with Gasteiger partial charge in [-0.2, -0.15) is 4.57 Å². The van der Waals surface area contributed by atoms with Gasteiger partial charge in [-0.3, -0.25) is 0 Å². The number of hydrogen-bond acceptors (Lipinski definition) is 0. The van der Waals surface area contributed by atoms with Crippen molar-refractivity contribution >= 4 is 32.3 Å². The second kappa shape index (κ2) is 12.9. The van der Waals surface area contributed by atoms with Gasteiger partial charge >= 0.3 is 0 Å². The lowest BCUT2D eigenvalue weighted by atomic mass is 9.85. The first-order valence-corrected chi connectivity index (χ1v) is 18.2. The van der Waals surface area contributed by atoms with Gasteiger partial charge < -0.3 is 0 Å². The quantitative estimate of drug-likeness (QED) is 0.134. The van der Waals surface area contributed by atoms with Gasteiger partial charge in [-0.05, 0) is 84.9 Å². The van der Waals surface area contributed by atoms with E-state index in [1.807, 2.05) is 0 Å². The van der Waals surface area contributed by atoms with E-state index >= 15 is 0 Å². The molecule has 2 heteroatoms. The van der Waals surface area contributed by atoms with Crippen LogP contribution in [-0.2, 0) is 0 Å². The highest BCUT2D eigenvalue weighted by Crippen LogP contribution is 2.44. The lowest BCUT2D eigenvalue weighted by molar-refractivity contribution is -0.570. The maximum Gasteiger partial charge on any atom is 0.292 e. The van der Waals surface area contributed by atoms with Crippen LogP contribution in [0.1, 0.15) is 0 Å². The average molecular weight is 676 g/mol. The van der Waals surface area contributed by atoms with E-state index < -0.39 is 0 Å². The van der Waals surface area contributed by atoms with Gasteiger partial charge in [0, 0.05) is 11.1 Å². The van der Waals surface area contributed by atoms with Crippen molar-refractivity contribution in [1.82, 2.24) is 4.98 Å². The van der Waals surface area contributed by atoms with Gasteiger partial charge in [-0.1, -0.05) is 176 Å². The summed E-state index contributed by atoms with van der Waals surface area (Å²) >= 11 is 0. The second-order valence-electron chi connectivity index (χ2n) is 13.6. The van der Waals surface area contributed by atoms with Crippen LogP contribution in [0.25, 0.3) is 94.2 Å². The number of H-pyrrole nitrogens is 1. The van der Waals surface area contributed by atoms with Crippen LogP contribution in [0, 0.1) is 0 Å². The molecule has 0 aliphatic carbocycles. The summed E-state index contributed by atoms with van der Waals surface area (Å²) in [5.41, 5.74) is 11.7. The number of para-hydroxylation sites is 1. The van der Waals surface area contributed by atoms with Gasteiger partial charge in [0.15, 0.2) is 11.4 Å². The maximum atomic E-state index is 3.90. The van der Waals surface area contributed by atoms with E-state index in [0.29, 0.717) is 0 Å². The van der Waals surface area contributed by atoms with E-state index in [1.165, 1.54) is 54.6 Å². The third-order valence-corrected chi connectivity index (χ3v) is 10.5. The standard InChI is InChI=1S/C51H34N2/c1-4-17-37(18-5-1)49-50(38-19-6-2-7-20-38)53(42-22-8-3-9-23-42)51(52-49)39-31-29-36(30-32-39)47-43-24-12-14-26-45(43)48(46-27-15-13-25-44(46)47)41-33-28-35-16-10-11-21-40(35)34-41/h1-34H/p+1. The van der Waals surface area contributed by atoms with Crippen molar-refractivity contribution in [3.05, 3.63) is 206 Å². The Morgan fingerprint density at radius 2 is 0.774 bits per heavy atom. The number of nitrogens with zero attached hydrogens (tertiary/aromatic N) is 1. The van der Waals surface area contributed by atoms with Crippen molar-refractivity contribution in [2.24, 2.45) is 0 Å². The molecule has 0 saturated heterocycles. The Hall–Kier alpha value is -7.03. The molecule has 0 saturated carbocycles. The minimum atomic E-state index is 1.03. The number of imidazole rings is 1. The van der Waals surface area contributed by atoms with Crippen molar-refractivity contribution in [1.29, 1.82) is 0 Å². The fraction of sp³-hybridized carbons (Fsp3) is 0. The van der Waals surface area contributed by atoms with Crippen molar-refractivity contribution in [2.45, 2.75) is 0 Å². The van der Waals surface area contributed by atoms with E-state index in [2.05, 4.69) is 216 Å². The Balaban J connectivity index is 1.18. The average Bonchev–Trinajstić information content (AvgIpc) is 3.64. The molecule has 0 aliphatic heterocycles. The molecule has 0 spiro atoms. The van der Waals surface area contributed by atoms with E-state index in [0.717, 1.165) is 39.6 Å². The lowest BCUT2D eigenvalue weighted by Crippen LogP contribution is -2.33. The van der Waals surface area contributed by atoms with E-state index in [-0.39, 0.29) is 0 Å². The molecule has 0 bridgehead atoms. The first-order chi connectivity index (χ1) is 26.3. The molecule has 0 fully saturated rings. The van der Waals surface area contributed by atoms with Crippen LogP contribution < -0.4 is 4.57 Å². The van der Waals surface area contributed by atoms with Crippen LogP contribution in [0.2, 0.25) is 0 Å². The molecule has 9 aromatic carbocycles. The Morgan fingerprint density at radius 1 is 0.321 bits per heavy atom. The van der Waals surface area contributed by atoms with Crippen molar-refractivity contribution in [3.63, 3.8) is 0 Å². The number of rotatable bonds is 6. The van der Waals surface area contributed by atoms with Gasteiger partial charge in [-0.25, -0.2) is 4.98 Å². The van der Waals surface area contributed by atoms with Gasteiger partial charge in [0.1, 0.15) is 5.69 Å². The summed E-state index contributed by atoms with van der Waals surface area (Å²) in [6.07, 6.45) is 0. The number of aromatic amines is 1. The molecule has 0 aliphatic rings. The Labute approximate surface area is 308 Å². The number of benzene rings is 9. The van der Waals surface area contributed by atoms with Crippen LogP contribution >= 0.6 is 0 Å². The van der Waals surface area contributed by atoms with Crippen molar-refractivity contribution in [2.75, 3.05) is 0 Å². The minimum absolute atomic E-state index is 1.03. The van der Waals surface area contributed by atoms with E-state index in [1.54, 1.807) is 0 Å². The Bertz CT molecular complexity index is 2850. The summed E-state index contributed by atoms with van der Waals surface area (Å²) in [5.74, 6) is 1.03. The van der Waals surface area contributed by atoms with Gasteiger partial charge in [0.2, 0.25) is 0 Å². The lowest BCUT2D eigenvalue weighted by Gasteiger charge is -2.18. The zero-order valence-electron chi connectivity index (χ0n) is 29.1. The highest BCUT2D eigenvalue weighted by molar-refractivity contribution is 6.21. The molecule has 0 radical (unpaired) electrons. The zero-order valence-corrected chi connectivity index (χ0v) is 29.1. The largest absolute Gasteiger partial charge is 0.292 e. The maximum absolute atomic E-state index is 3.90. The zero-order chi connectivity index (χ0) is 35.1. The molecule has 0 atom stereocenters. The fourth-order valence-electron chi connectivity index (χ4n) is 8.07. The van der Waals surface area contributed by atoms with Crippen LogP contribution in [0.4, 0.5) is 0 Å². The molecule has 1 heterocycles. The van der Waals surface area contributed by atoms with Crippen LogP contribution in [0.3, 0.4) is 0 Å². The Kier molecular flexibility index (Phi) is 7.51. The molecular weight excluding hydrogens is 641 g/mol. The number of nitrogens with one attached hydrogen (secondary N) is 1. The van der Waals surface area contributed by atoms with E-state index in [9.17, 15) is 0 Å². The third kappa shape index (κ3) is 5.32. The molecule has 10 rings (SSSR count). The highest BCUT2D eigenvalue weighted by atomic mass is 15.1. The molecule has 1 N–H and O–H groups in total. The highest BCUT2D eigenvalue weighted by Gasteiger charge is 2.29. The summed E-state index contributed by atoms with van der Waals surface area (Å²) in [6.45, 7) is 0. The van der Waals surface area contributed by atoms with Gasteiger partial charge in [0.05, 0.1) is 5.56 Å². The number of hydrogen-bond donors (Lipinski definition) is 1. The molecule has 248 valence electrons. The van der Waals surface area contributed by atoms with Gasteiger partial charge in [0.25, 0.3) is 5.82 Å². The second-order valence-corrected chi connectivity index (χ2v) is 13.6. The SMILES string of the molecule is c1ccc(-c2[nH]c(-c3ccc(-c4c5ccccc5c(-c5ccc6ccccc6c5)c5ccccc45)cc3)[n+](-c3ccccc3)c2-c2ccccc2)cc1. The van der Waals surface area contributed by atoms with E-state index in [4.69, 9.17) is 0 Å². The molecule has 0 amide bonds. The van der Waals surface area contributed by atoms with Gasteiger partial charge in [-0.15, -0.1) is 0 Å². The fourth-order valence-corrected chi connectivity index (χ4v) is 8.07. The molecule has 10 aromatic rings. The Morgan fingerprint density at radius 3 is 1.38 bits per heavy atom.